The number of amides is 1. The SMILES string of the molecule is CCN(N)C(=O)COC(C)=O. The molecule has 0 aromatic heterocycles. The number of hydrogen-bond acceptors (Lipinski definition) is 4. The first-order valence-corrected chi connectivity index (χ1v) is 3.26. The van der Waals surface area contributed by atoms with E-state index >= 15 is 0 Å². The van der Waals surface area contributed by atoms with E-state index in [4.69, 9.17) is 5.84 Å². The smallest absolute Gasteiger partial charge is 0.303 e. The highest BCUT2D eigenvalue weighted by molar-refractivity contribution is 5.79. The molecule has 0 rings (SSSR count). The molecule has 0 atom stereocenters. The molecule has 2 N–H and O–H groups in total. The van der Waals surface area contributed by atoms with Crippen LogP contribution in [0.1, 0.15) is 13.8 Å². The van der Waals surface area contributed by atoms with Crippen molar-refractivity contribution in [3.05, 3.63) is 0 Å². The Balaban J connectivity index is 3.60. The molecule has 0 bridgehead atoms. The molecule has 0 heterocycles. The van der Waals surface area contributed by atoms with Crippen molar-refractivity contribution < 1.29 is 14.3 Å². The van der Waals surface area contributed by atoms with Crippen LogP contribution in [0.15, 0.2) is 0 Å². The average Bonchev–Trinajstić information content (AvgIpc) is 1.98. The second kappa shape index (κ2) is 4.68. The van der Waals surface area contributed by atoms with Gasteiger partial charge >= 0.3 is 5.97 Å². The van der Waals surface area contributed by atoms with Crippen molar-refractivity contribution in [3.8, 4) is 0 Å². The second-order valence-corrected chi connectivity index (χ2v) is 1.96. The molecule has 0 aromatic carbocycles. The first-order valence-electron chi connectivity index (χ1n) is 3.26. The molecule has 5 heteroatoms. The largest absolute Gasteiger partial charge is 0.456 e. The summed E-state index contributed by atoms with van der Waals surface area (Å²) in [7, 11) is 0. The number of likely N-dealkylation sites (N-methyl/N-ethyl adjacent to an activating group) is 1. The quantitative estimate of drug-likeness (QED) is 0.256. The van der Waals surface area contributed by atoms with Crippen LogP contribution in [0.5, 0.6) is 0 Å². The molecule has 11 heavy (non-hydrogen) atoms. The monoisotopic (exact) mass is 160 g/mol. The minimum absolute atomic E-state index is 0.278. The van der Waals surface area contributed by atoms with E-state index in [9.17, 15) is 9.59 Å². The normalized spacial score (nSPS) is 9.00. The summed E-state index contributed by atoms with van der Waals surface area (Å²) in [6.07, 6.45) is 0. The fraction of sp³-hybridized carbons (Fsp3) is 0.667. The van der Waals surface area contributed by atoms with Crippen LogP contribution in [0.25, 0.3) is 0 Å². The molecule has 0 aromatic rings. The third kappa shape index (κ3) is 4.32. The molecule has 0 aliphatic carbocycles. The fourth-order valence-corrected chi connectivity index (χ4v) is 0.423. The van der Waals surface area contributed by atoms with Gasteiger partial charge in [0.25, 0.3) is 5.91 Å². The summed E-state index contributed by atoms with van der Waals surface area (Å²) >= 11 is 0. The van der Waals surface area contributed by atoms with Crippen molar-refractivity contribution in [1.82, 2.24) is 5.01 Å². The van der Waals surface area contributed by atoms with Crippen molar-refractivity contribution in [2.75, 3.05) is 13.2 Å². The maximum absolute atomic E-state index is 10.8. The van der Waals surface area contributed by atoms with E-state index in [1.54, 1.807) is 6.92 Å². The zero-order valence-electron chi connectivity index (χ0n) is 6.66. The van der Waals surface area contributed by atoms with Gasteiger partial charge in [0.05, 0.1) is 0 Å². The van der Waals surface area contributed by atoms with Gasteiger partial charge < -0.3 is 4.74 Å². The van der Waals surface area contributed by atoms with Crippen LogP contribution in [0.2, 0.25) is 0 Å². The van der Waals surface area contributed by atoms with Gasteiger partial charge in [0.2, 0.25) is 0 Å². The van der Waals surface area contributed by atoms with E-state index in [1.807, 2.05) is 0 Å². The number of hydrazine groups is 1. The van der Waals surface area contributed by atoms with Gasteiger partial charge in [0, 0.05) is 13.5 Å². The Bertz CT molecular complexity index is 158. The Hall–Kier alpha value is -1.10. The highest BCUT2D eigenvalue weighted by atomic mass is 16.5. The van der Waals surface area contributed by atoms with Crippen LogP contribution in [-0.4, -0.2) is 30.0 Å². The molecule has 1 amide bonds. The van der Waals surface area contributed by atoms with Crippen LogP contribution in [0.4, 0.5) is 0 Å². The number of ether oxygens (including phenoxy) is 1. The van der Waals surface area contributed by atoms with E-state index < -0.39 is 11.9 Å². The molecule has 0 saturated heterocycles. The lowest BCUT2D eigenvalue weighted by atomic mass is 10.6. The van der Waals surface area contributed by atoms with Gasteiger partial charge in [0.1, 0.15) is 0 Å². The zero-order chi connectivity index (χ0) is 8.85. The van der Waals surface area contributed by atoms with Gasteiger partial charge in [-0.05, 0) is 6.92 Å². The van der Waals surface area contributed by atoms with Crippen LogP contribution in [-0.2, 0) is 14.3 Å². The summed E-state index contributed by atoms with van der Waals surface area (Å²) in [5.41, 5.74) is 0. The minimum atomic E-state index is -0.483. The van der Waals surface area contributed by atoms with E-state index in [0.29, 0.717) is 6.54 Å². The van der Waals surface area contributed by atoms with Crippen molar-refractivity contribution >= 4 is 11.9 Å². The summed E-state index contributed by atoms with van der Waals surface area (Å²) in [5.74, 6) is 4.31. The van der Waals surface area contributed by atoms with Crippen LogP contribution >= 0.6 is 0 Å². The van der Waals surface area contributed by atoms with Gasteiger partial charge in [-0.2, -0.15) is 0 Å². The Labute approximate surface area is 65.1 Å². The molecule has 5 nitrogen and oxygen atoms in total. The Morgan fingerprint density at radius 2 is 2.09 bits per heavy atom. The number of carbonyl (C=O) groups excluding carboxylic acids is 2. The number of rotatable bonds is 3. The third-order valence-corrected chi connectivity index (χ3v) is 1.06. The van der Waals surface area contributed by atoms with Crippen LogP contribution < -0.4 is 5.84 Å². The average molecular weight is 160 g/mol. The lowest BCUT2D eigenvalue weighted by Crippen LogP contribution is -2.39. The molecule has 0 saturated carbocycles. The van der Waals surface area contributed by atoms with E-state index in [0.717, 1.165) is 5.01 Å². The van der Waals surface area contributed by atoms with Gasteiger partial charge in [-0.15, -0.1) is 0 Å². The Morgan fingerprint density at radius 3 is 2.45 bits per heavy atom. The summed E-state index contributed by atoms with van der Waals surface area (Å²) in [6, 6.07) is 0. The third-order valence-electron chi connectivity index (χ3n) is 1.06. The van der Waals surface area contributed by atoms with Gasteiger partial charge in [-0.1, -0.05) is 0 Å². The highest BCUT2D eigenvalue weighted by Crippen LogP contribution is 1.82. The topological polar surface area (TPSA) is 72.6 Å². The lowest BCUT2D eigenvalue weighted by molar-refractivity contribution is -0.150. The first kappa shape index (κ1) is 9.90. The van der Waals surface area contributed by atoms with Crippen LogP contribution in [0.3, 0.4) is 0 Å². The van der Waals surface area contributed by atoms with E-state index in [-0.39, 0.29) is 6.61 Å². The van der Waals surface area contributed by atoms with Crippen molar-refractivity contribution in [3.63, 3.8) is 0 Å². The van der Waals surface area contributed by atoms with Gasteiger partial charge in [-0.3, -0.25) is 14.6 Å². The van der Waals surface area contributed by atoms with E-state index in [1.165, 1.54) is 6.92 Å². The number of esters is 1. The first-order chi connectivity index (χ1) is 5.07. The van der Waals surface area contributed by atoms with Gasteiger partial charge in [-0.25, -0.2) is 5.84 Å². The number of carbonyl (C=O) groups is 2. The van der Waals surface area contributed by atoms with E-state index in [2.05, 4.69) is 4.74 Å². The Kier molecular flexibility index (Phi) is 4.21. The molecule has 0 fully saturated rings. The number of nitrogens with zero attached hydrogens (tertiary/aromatic N) is 1. The van der Waals surface area contributed by atoms with Crippen molar-refractivity contribution in [2.24, 2.45) is 5.84 Å². The summed E-state index contributed by atoms with van der Waals surface area (Å²) in [6.45, 7) is 3.09. The molecule has 64 valence electrons. The Morgan fingerprint density at radius 1 is 1.55 bits per heavy atom. The molecule has 0 aliphatic heterocycles. The number of nitrogens with two attached hydrogens (primary N) is 1. The second-order valence-electron chi connectivity index (χ2n) is 1.96. The minimum Gasteiger partial charge on any atom is -0.456 e. The maximum atomic E-state index is 10.8. The molecule has 0 aliphatic rings. The van der Waals surface area contributed by atoms with Crippen LogP contribution in [0, 0.1) is 0 Å². The van der Waals surface area contributed by atoms with Crippen molar-refractivity contribution in [1.29, 1.82) is 0 Å². The molecule has 0 radical (unpaired) electrons. The standard InChI is InChI=1S/C6H12N2O3/c1-3-8(7)6(10)4-11-5(2)9/h3-4,7H2,1-2H3. The highest BCUT2D eigenvalue weighted by Gasteiger charge is 2.07. The lowest BCUT2D eigenvalue weighted by Gasteiger charge is -2.12. The predicted octanol–water partition coefficient (Wildman–Crippen LogP) is -0.728. The maximum Gasteiger partial charge on any atom is 0.303 e. The van der Waals surface area contributed by atoms with Gasteiger partial charge in [0.15, 0.2) is 6.61 Å². The summed E-state index contributed by atoms with van der Waals surface area (Å²) < 4.78 is 4.42. The number of hydrogen-bond donors (Lipinski definition) is 1. The summed E-state index contributed by atoms with van der Waals surface area (Å²) in [4.78, 5) is 21.0. The van der Waals surface area contributed by atoms with Crippen molar-refractivity contribution in [2.45, 2.75) is 13.8 Å². The summed E-state index contributed by atoms with van der Waals surface area (Å²) in [5, 5.41) is 0.989. The molecular formula is C6H12N2O3. The molecular weight excluding hydrogens is 148 g/mol. The molecule has 0 spiro atoms. The fourth-order valence-electron chi connectivity index (χ4n) is 0.423. The molecule has 0 unspecified atom stereocenters. The predicted molar refractivity (Wildman–Crippen MR) is 38.2 cm³/mol. The zero-order valence-corrected chi connectivity index (χ0v) is 6.66.